The van der Waals surface area contributed by atoms with Crippen molar-refractivity contribution >= 4 is 29.2 Å². The monoisotopic (exact) mass is 364 g/mol. The van der Waals surface area contributed by atoms with Gasteiger partial charge in [0.25, 0.3) is 5.91 Å². The predicted molar refractivity (Wildman–Crippen MR) is 96.4 cm³/mol. The van der Waals surface area contributed by atoms with Crippen molar-refractivity contribution in [2.75, 3.05) is 12.0 Å². The second-order valence-electron chi connectivity index (χ2n) is 6.37. The van der Waals surface area contributed by atoms with Crippen LogP contribution < -0.4 is 4.90 Å². The van der Waals surface area contributed by atoms with E-state index in [1.165, 1.54) is 19.2 Å². The zero-order valence-corrected chi connectivity index (χ0v) is 14.7. The molecule has 2 heterocycles. The number of ether oxygens (including phenoxy) is 1. The van der Waals surface area contributed by atoms with Crippen molar-refractivity contribution in [2.45, 2.75) is 13.0 Å². The van der Waals surface area contributed by atoms with E-state index in [2.05, 4.69) is 5.16 Å². The third-order valence-corrected chi connectivity index (χ3v) is 4.71. The Hall–Kier alpha value is -3.48. The first kappa shape index (κ1) is 17.0. The first-order chi connectivity index (χ1) is 13.0. The predicted octanol–water partition coefficient (Wildman–Crippen LogP) is 2.07. The summed E-state index contributed by atoms with van der Waals surface area (Å²) in [5.74, 6) is -2.49. The van der Waals surface area contributed by atoms with E-state index in [-0.39, 0.29) is 11.3 Å². The number of benzene rings is 2. The number of aryl methyl sites for hydroxylation is 1. The second kappa shape index (κ2) is 6.35. The van der Waals surface area contributed by atoms with Crippen LogP contribution in [0, 0.1) is 12.8 Å². The third-order valence-electron chi connectivity index (χ3n) is 4.71. The van der Waals surface area contributed by atoms with Gasteiger partial charge in [-0.2, -0.15) is 0 Å². The summed E-state index contributed by atoms with van der Waals surface area (Å²) < 4.78 is 4.76. The van der Waals surface area contributed by atoms with Gasteiger partial charge in [0.05, 0.1) is 18.4 Å². The van der Waals surface area contributed by atoms with Crippen LogP contribution in [0.5, 0.6) is 0 Å². The van der Waals surface area contributed by atoms with Gasteiger partial charge >= 0.3 is 5.97 Å². The molecule has 136 valence electrons. The quantitative estimate of drug-likeness (QED) is 0.615. The van der Waals surface area contributed by atoms with Crippen molar-refractivity contribution in [3.05, 3.63) is 65.2 Å². The maximum absolute atomic E-state index is 13.1. The number of fused-ring (bicyclic) bond motifs is 1. The maximum Gasteiger partial charge on any atom is 0.339 e. The second-order valence-corrected chi connectivity index (χ2v) is 6.37. The van der Waals surface area contributed by atoms with Crippen LogP contribution in [0.3, 0.4) is 0 Å². The molecule has 2 aromatic carbocycles. The van der Waals surface area contributed by atoms with Crippen molar-refractivity contribution in [1.29, 1.82) is 0 Å². The minimum atomic E-state index is -1.03. The number of amides is 2. The highest BCUT2D eigenvalue weighted by Crippen LogP contribution is 2.36. The van der Waals surface area contributed by atoms with Gasteiger partial charge in [0.2, 0.25) is 12.0 Å². The van der Waals surface area contributed by atoms with E-state index in [1.54, 1.807) is 12.1 Å². The Labute approximate surface area is 155 Å². The van der Waals surface area contributed by atoms with E-state index in [0.29, 0.717) is 5.71 Å². The minimum absolute atomic E-state index is 0.135. The molecule has 2 atom stereocenters. The van der Waals surface area contributed by atoms with Crippen molar-refractivity contribution in [3.63, 3.8) is 0 Å². The lowest BCUT2D eigenvalue weighted by Gasteiger charge is -2.18. The molecule has 0 aliphatic carbocycles. The molecule has 2 aliphatic heterocycles. The highest BCUT2D eigenvalue weighted by molar-refractivity contribution is 6.33. The molecule has 27 heavy (non-hydrogen) atoms. The molecule has 7 heteroatoms. The molecular formula is C20H16N2O5. The molecule has 1 saturated heterocycles. The van der Waals surface area contributed by atoms with Crippen molar-refractivity contribution in [2.24, 2.45) is 11.1 Å². The van der Waals surface area contributed by atoms with Crippen LogP contribution in [-0.4, -0.2) is 36.7 Å². The van der Waals surface area contributed by atoms with Crippen molar-refractivity contribution in [3.8, 4) is 0 Å². The van der Waals surface area contributed by atoms with Gasteiger partial charge in [-0.25, -0.2) is 9.69 Å². The first-order valence-corrected chi connectivity index (χ1v) is 8.39. The Kier molecular flexibility index (Phi) is 3.99. The number of esters is 1. The lowest BCUT2D eigenvalue weighted by Crippen LogP contribution is -2.34. The summed E-state index contributed by atoms with van der Waals surface area (Å²) in [6, 6.07) is 13.8. The van der Waals surface area contributed by atoms with Gasteiger partial charge in [-0.05, 0) is 19.1 Å². The third kappa shape index (κ3) is 2.59. The zero-order chi connectivity index (χ0) is 19.1. The molecule has 2 aliphatic rings. The summed E-state index contributed by atoms with van der Waals surface area (Å²) in [6.07, 6.45) is -1.03. The van der Waals surface area contributed by atoms with E-state index in [4.69, 9.17) is 9.57 Å². The summed E-state index contributed by atoms with van der Waals surface area (Å²) in [5.41, 5.74) is 2.52. The maximum atomic E-state index is 13.1. The number of imide groups is 1. The summed E-state index contributed by atoms with van der Waals surface area (Å²) in [4.78, 5) is 44.3. The SMILES string of the molecule is COC(=O)c1ccccc1N1C(=O)[C@H]2C(c3ccc(C)cc3)=NO[C@H]2C1=O. The molecule has 0 spiro atoms. The molecule has 2 amide bonds. The first-order valence-electron chi connectivity index (χ1n) is 8.39. The molecule has 2 aromatic rings. The smallest absolute Gasteiger partial charge is 0.339 e. The summed E-state index contributed by atoms with van der Waals surface area (Å²) in [7, 11) is 1.24. The number of nitrogens with zero attached hydrogens (tertiary/aromatic N) is 2. The molecule has 0 saturated carbocycles. The van der Waals surface area contributed by atoms with E-state index in [0.717, 1.165) is 16.0 Å². The minimum Gasteiger partial charge on any atom is -0.465 e. The zero-order valence-electron chi connectivity index (χ0n) is 14.7. The van der Waals surface area contributed by atoms with E-state index in [9.17, 15) is 14.4 Å². The largest absolute Gasteiger partial charge is 0.465 e. The number of oxime groups is 1. The number of carbonyl (C=O) groups excluding carboxylic acids is 3. The van der Waals surface area contributed by atoms with E-state index >= 15 is 0 Å². The summed E-state index contributed by atoms with van der Waals surface area (Å²) in [5, 5.41) is 3.98. The number of hydrogen-bond acceptors (Lipinski definition) is 6. The van der Waals surface area contributed by atoms with Gasteiger partial charge < -0.3 is 9.57 Å². The number of anilines is 1. The van der Waals surface area contributed by atoms with Crippen LogP contribution in [0.2, 0.25) is 0 Å². The van der Waals surface area contributed by atoms with Crippen molar-refractivity contribution < 1.29 is 24.0 Å². The van der Waals surface area contributed by atoms with Gasteiger partial charge in [-0.15, -0.1) is 0 Å². The van der Waals surface area contributed by atoms with Crippen LogP contribution >= 0.6 is 0 Å². The Morgan fingerprint density at radius 2 is 1.78 bits per heavy atom. The molecule has 0 bridgehead atoms. The number of rotatable bonds is 3. The van der Waals surface area contributed by atoms with Crippen LogP contribution in [0.25, 0.3) is 0 Å². The van der Waals surface area contributed by atoms with Crippen LogP contribution in [-0.2, 0) is 19.2 Å². The van der Waals surface area contributed by atoms with E-state index < -0.39 is 29.8 Å². The number of carbonyl (C=O) groups is 3. The average molecular weight is 364 g/mol. The molecular weight excluding hydrogens is 348 g/mol. The fraction of sp³-hybridized carbons (Fsp3) is 0.200. The number of para-hydroxylation sites is 1. The van der Waals surface area contributed by atoms with E-state index in [1.807, 2.05) is 31.2 Å². The Balaban J connectivity index is 1.73. The number of hydrogen-bond donors (Lipinski definition) is 0. The Bertz CT molecular complexity index is 980. The molecule has 7 nitrogen and oxygen atoms in total. The Morgan fingerprint density at radius 1 is 1.07 bits per heavy atom. The fourth-order valence-electron chi connectivity index (χ4n) is 3.33. The van der Waals surface area contributed by atoms with Gasteiger partial charge in [0, 0.05) is 5.56 Å². The molecule has 4 rings (SSSR count). The Morgan fingerprint density at radius 3 is 2.48 bits per heavy atom. The fourth-order valence-corrected chi connectivity index (χ4v) is 3.33. The van der Waals surface area contributed by atoms with Crippen molar-refractivity contribution in [1.82, 2.24) is 0 Å². The summed E-state index contributed by atoms with van der Waals surface area (Å²) in [6.45, 7) is 1.95. The van der Waals surface area contributed by atoms with Crippen LogP contribution in [0.1, 0.15) is 21.5 Å². The van der Waals surface area contributed by atoms with Gasteiger partial charge in [-0.3, -0.25) is 9.59 Å². The normalized spacial score (nSPS) is 21.0. The lowest BCUT2D eigenvalue weighted by molar-refractivity contribution is -0.126. The molecule has 0 aromatic heterocycles. The lowest BCUT2D eigenvalue weighted by atomic mass is 9.93. The topological polar surface area (TPSA) is 85.3 Å². The van der Waals surface area contributed by atoms with Gasteiger partial charge in [0.15, 0.2) is 0 Å². The van der Waals surface area contributed by atoms with Crippen LogP contribution in [0.4, 0.5) is 5.69 Å². The number of methoxy groups -OCH3 is 1. The van der Waals surface area contributed by atoms with Gasteiger partial charge in [-0.1, -0.05) is 47.1 Å². The van der Waals surface area contributed by atoms with Gasteiger partial charge in [0.1, 0.15) is 11.6 Å². The highest BCUT2D eigenvalue weighted by atomic mass is 16.6. The molecule has 0 N–H and O–H groups in total. The molecule has 0 radical (unpaired) electrons. The molecule has 0 unspecified atom stereocenters. The average Bonchev–Trinajstić information content (AvgIpc) is 3.22. The van der Waals surface area contributed by atoms with Crippen LogP contribution in [0.15, 0.2) is 53.7 Å². The standard InChI is InChI=1S/C20H16N2O5/c1-11-7-9-12(10-8-11)16-15-17(27-21-16)19(24)22(18(15)23)14-6-4-3-5-13(14)20(25)26-2/h3-10,15,17H,1-2H3/t15-,17+/m0/s1. The summed E-state index contributed by atoms with van der Waals surface area (Å²) >= 11 is 0. The highest BCUT2D eigenvalue weighted by Gasteiger charge is 2.56. The molecule has 1 fully saturated rings.